The molecule has 0 bridgehead atoms. The molecule has 1 fully saturated rings. The first-order valence-corrected chi connectivity index (χ1v) is 11.3. The number of aliphatic carboxylic acids is 1. The zero-order valence-corrected chi connectivity index (χ0v) is 19.5. The maximum Gasteiger partial charge on any atom is 0.388 e. The Kier molecular flexibility index (Phi) is 8.80. The van der Waals surface area contributed by atoms with Crippen LogP contribution in [-0.4, -0.2) is 53.6 Å². The summed E-state index contributed by atoms with van der Waals surface area (Å²) in [6.07, 6.45) is 1.66. The molecule has 1 atom stereocenters. The van der Waals surface area contributed by atoms with E-state index in [1.807, 2.05) is 6.92 Å². The molecule has 2 aromatic rings. The average molecular weight is 494 g/mol. The second kappa shape index (κ2) is 11.8. The number of hydrogen-bond donors (Lipinski definition) is 3. The highest BCUT2D eigenvalue weighted by Gasteiger charge is 2.34. The molecule has 2 amide bonds. The molecule has 3 N–H and O–H groups in total. The van der Waals surface area contributed by atoms with Gasteiger partial charge in [-0.1, -0.05) is 25.1 Å². The van der Waals surface area contributed by atoms with Gasteiger partial charge in [0.05, 0.1) is 13.0 Å². The fourth-order valence-electron chi connectivity index (χ4n) is 4.26. The fraction of sp³-hybridized carbons (Fsp3) is 0.458. The zero-order chi connectivity index (χ0) is 25.5. The van der Waals surface area contributed by atoms with Gasteiger partial charge < -0.3 is 25.0 Å². The summed E-state index contributed by atoms with van der Waals surface area (Å²) in [6, 6.07) is 8.89. The predicted molar refractivity (Wildman–Crippen MR) is 124 cm³/mol. The number of carboxylic acid groups (broad SMARTS) is 1. The monoisotopic (exact) mass is 493 g/mol. The van der Waals surface area contributed by atoms with Crippen LogP contribution < -0.4 is 19.7 Å². The van der Waals surface area contributed by atoms with Crippen LogP contribution in [0.15, 0.2) is 36.4 Å². The number of amides is 2. The summed E-state index contributed by atoms with van der Waals surface area (Å²) in [4.78, 5) is 30.4. The predicted octanol–water partition coefficient (Wildman–Crippen LogP) is 4.47. The molecule has 35 heavy (non-hydrogen) atoms. The summed E-state index contributed by atoms with van der Waals surface area (Å²) in [6.45, 7) is -1.50. The third-order valence-corrected chi connectivity index (χ3v) is 6.12. The Morgan fingerprint density at radius 1 is 1.17 bits per heavy atom. The van der Waals surface area contributed by atoms with E-state index in [0.717, 1.165) is 5.56 Å². The summed E-state index contributed by atoms with van der Waals surface area (Å²) < 4.78 is 35.4. The lowest BCUT2D eigenvalue weighted by molar-refractivity contribution is -0.142. The Labute approximate surface area is 201 Å². The molecular weight excluding hydrogens is 464 g/mol. The van der Waals surface area contributed by atoms with E-state index in [1.54, 1.807) is 24.3 Å². The first-order chi connectivity index (χ1) is 16.7. The van der Waals surface area contributed by atoms with Crippen LogP contribution in [0.4, 0.5) is 25.0 Å². The number of aliphatic hydroxyl groups is 1. The van der Waals surface area contributed by atoms with Gasteiger partial charge in [0.25, 0.3) is 0 Å². The molecule has 0 saturated heterocycles. The van der Waals surface area contributed by atoms with Gasteiger partial charge in [-0.05, 0) is 43.4 Å². The van der Waals surface area contributed by atoms with Gasteiger partial charge in [-0.3, -0.25) is 9.69 Å². The van der Waals surface area contributed by atoms with Crippen LogP contribution in [0.2, 0.25) is 0 Å². The molecule has 0 spiro atoms. The van der Waals surface area contributed by atoms with Gasteiger partial charge in [0.2, 0.25) is 11.8 Å². The first kappa shape index (κ1) is 26.1. The summed E-state index contributed by atoms with van der Waals surface area (Å²) in [5.41, 5.74) is 1.19. The third-order valence-electron chi connectivity index (χ3n) is 6.12. The zero-order valence-electron chi connectivity index (χ0n) is 19.5. The maximum atomic E-state index is 13.6. The number of alkyl halides is 2. The quantitative estimate of drug-likeness (QED) is 0.471. The van der Waals surface area contributed by atoms with Crippen molar-refractivity contribution in [2.75, 3.05) is 23.9 Å². The normalized spacial score (nSPS) is 18.6. The highest BCUT2D eigenvalue weighted by molar-refractivity contribution is 6.03. The second-order valence-corrected chi connectivity index (χ2v) is 8.37. The van der Waals surface area contributed by atoms with E-state index in [2.05, 4.69) is 15.0 Å². The Hall–Kier alpha value is -3.47. The van der Waals surface area contributed by atoms with Crippen molar-refractivity contribution < 1.29 is 38.1 Å². The average Bonchev–Trinajstić information content (AvgIpc) is 2.85. The number of nitrogens with zero attached hydrogens (tertiary/aromatic N) is 2. The Balaban J connectivity index is 1.98. The van der Waals surface area contributed by atoms with Crippen molar-refractivity contribution in [1.29, 1.82) is 0 Å². The number of nitrogens with one attached hydrogen (secondary N) is 1. The number of carbonyl (C=O) groups is 2. The van der Waals surface area contributed by atoms with Gasteiger partial charge in [-0.15, -0.1) is 0 Å². The van der Waals surface area contributed by atoms with Crippen LogP contribution in [0.25, 0.3) is 0 Å². The Bertz CT molecular complexity index is 1030. The summed E-state index contributed by atoms with van der Waals surface area (Å²) in [7, 11) is 1.32. The SMILES string of the molecule is COc1ccc(NC(=O)N(c2ccccc2C(C)CO)C2CCC(C(=O)O)CC2)c(OC(F)F)n1. The summed E-state index contributed by atoms with van der Waals surface area (Å²) in [5.74, 6) is -2.10. The number of rotatable bonds is 9. The van der Waals surface area contributed by atoms with Crippen molar-refractivity contribution in [3.63, 3.8) is 0 Å². The molecule has 1 aromatic heterocycles. The van der Waals surface area contributed by atoms with E-state index in [0.29, 0.717) is 31.4 Å². The second-order valence-electron chi connectivity index (χ2n) is 8.37. The Morgan fingerprint density at radius 3 is 2.46 bits per heavy atom. The van der Waals surface area contributed by atoms with Crippen LogP contribution in [0, 0.1) is 5.92 Å². The van der Waals surface area contributed by atoms with Gasteiger partial charge >= 0.3 is 18.6 Å². The molecule has 0 radical (unpaired) electrons. The molecule has 1 aliphatic rings. The smallest absolute Gasteiger partial charge is 0.388 e. The fourth-order valence-corrected chi connectivity index (χ4v) is 4.26. The number of anilines is 2. The number of para-hydroxylation sites is 1. The van der Waals surface area contributed by atoms with E-state index in [4.69, 9.17) is 4.74 Å². The van der Waals surface area contributed by atoms with Crippen LogP contribution in [0.3, 0.4) is 0 Å². The number of ether oxygens (including phenoxy) is 2. The van der Waals surface area contributed by atoms with Crippen LogP contribution in [0.5, 0.6) is 11.8 Å². The minimum absolute atomic E-state index is 0.0321. The number of carboxylic acids is 1. The Morgan fingerprint density at radius 2 is 1.86 bits per heavy atom. The molecule has 9 nitrogen and oxygen atoms in total. The van der Waals surface area contributed by atoms with Crippen LogP contribution in [0.1, 0.15) is 44.1 Å². The van der Waals surface area contributed by atoms with E-state index >= 15 is 0 Å². The molecule has 3 rings (SSSR count). The van der Waals surface area contributed by atoms with Crippen molar-refractivity contribution in [2.45, 2.75) is 51.2 Å². The van der Waals surface area contributed by atoms with E-state index in [1.165, 1.54) is 24.1 Å². The van der Waals surface area contributed by atoms with Crippen LogP contribution >= 0.6 is 0 Å². The number of aromatic nitrogens is 1. The lowest BCUT2D eigenvalue weighted by Crippen LogP contribution is -2.46. The van der Waals surface area contributed by atoms with Gasteiger partial charge in [0.1, 0.15) is 5.69 Å². The van der Waals surface area contributed by atoms with Crippen LogP contribution in [-0.2, 0) is 4.79 Å². The molecule has 190 valence electrons. The molecular formula is C24H29F2N3O6. The van der Waals surface area contributed by atoms with E-state index in [9.17, 15) is 28.6 Å². The lowest BCUT2D eigenvalue weighted by atomic mass is 9.85. The van der Waals surface area contributed by atoms with Gasteiger partial charge in [-0.2, -0.15) is 13.8 Å². The number of aliphatic hydroxyl groups excluding tert-OH is 1. The standard InChI is InChI=1S/C24H29F2N3O6/c1-14(13-30)17-5-3-4-6-19(17)29(16-9-7-15(8-10-16)22(31)32)24(33)27-18-11-12-20(34-2)28-21(18)35-23(25)26/h3-6,11-12,14-16,23,30H,7-10,13H2,1-2H3,(H,27,33)(H,31,32). The molecule has 0 aliphatic heterocycles. The number of urea groups is 1. The molecule has 1 saturated carbocycles. The minimum Gasteiger partial charge on any atom is -0.481 e. The third kappa shape index (κ3) is 6.36. The molecule has 1 aromatic carbocycles. The topological polar surface area (TPSA) is 121 Å². The van der Waals surface area contributed by atoms with Crippen molar-refractivity contribution in [3.05, 3.63) is 42.0 Å². The minimum atomic E-state index is -3.17. The number of benzene rings is 1. The number of methoxy groups -OCH3 is 1. The van der Waals surface area contributed by atoms with Gasteiger partial charge in [0, 0.05) is 30.3 Å². The largest absolute Gasteiger partial charge is 0.481 e. The number of pyridine rings is 1. The number of halogens is 2. The molecule has 1 heterocycles. The van der Waals surface area contributed by atoms with Crippen molar-refractivity contribution >= 4 is 23.4 Å². The van der Waals surface area contributed by atoms with Crippen molar-refractivity contribution in [3.8, 4) is 11.8 Å². The first-order valence-electron chi connectivity index (χ1n) is 11.3. The van der Waals surface area contributed by atoms with Gasteiger partial charge in [0.15, 0.2) is 0 Å². The molecule has 1 unspecified atom stereocenters. The molecule has 11 heteroatoms. The van der Waals surface area contributed by atoms with E-state index < -0.39 is 30.4 Å². The van der Waals surface area contributed by atoms with Crippen molar-refractivity contribution in [2.24, 2.45) is 5.92 Å². The maximum absolute atomic E-state index is 13.6. The highest BCUT2D eigenvalue weighted by Crippen LogP contribution is 2.36. The summed E-state index contributed by atoms with van der Waals surface area (Å²) >= 11 is 0. The van der Waals surface area contributed by atoms with Gasteiger partial charge in [-0.25, -0.2) is 4.79 Å². The summed E-state index contributed by atoms with van der Waals surface area (Å²) in [5, 5.41) is 21.7. The number of hydrogen-bond acceptors (Lipinski definition) is 6. The van der Waals surface area contributed by atoms with E-state index in [-0.39, 0.29) is 30.1 Å². The highest BCUT2D eigenvalue weighted by atomic mass is 19.3. The van der Waals surface area contributed by atoms with Crippen molar-refractivity contribution in [1.82, 2.24) is 4.98 Å². The molecule has 1 aliphatic carbocycles. The number of carbonyl (C=O) groups excluding carboxylic acids is 1. The lowest BCUT2D eigenvalue weighted by Gasteiger charge is -2.37.